The highest BCUT2D eigenvalue weighted by atomic mass is 16.5. The van der Waals surface area contributed by atoms with Crippen LogP contribution in [-0.2, 0) is 10.8 Å². The number of nitrogens with zero attached hydrogens (tertiary/aromatic N) is 4. The number of aromatic nitrogens is 2. The van der Waals surface area contributed by atoms with Crippen LogP contribution in [0, 0.1) is 0 Å². The number of para-hydroxylation sites is 4. The molecule has 0 amide bonds. The molecule has 7 aromatic carbocycles. The summed E-state index contributed by atoms with van der Waals surface area (Å²) in [5.74, 6) is 2.05. The lowest BCUT2D eigenvalue weighted by Gasteiger charge is -2.28. The molecule has 0 aliphatic carbocycles. The van der Waals surface area contributed by atoms with Crippen LogP contribution in [0.4, 0.5) is 22.7 Å². The number of fused-ring (bicyclic) bond motifs is 4. The molecule has 10 rings (SSSR count). The zero-order valence-electron chi connectivity index (χ0n) is 45.0. The van der Waals surface area contributed by atoms with E-state index in [1.807, 2.05) is 65.7 Å². The van der Waals surface area contributed by atoms with Crippen LogP contribution in [0.1, 0.15) is 66.4 Å². The van der Waals surface area contributed by atoms with E-state index in [9.17, 15) is 0 Å². The van der Waals surface area contributed by atoms with E-state index in [-0.39, 0.29) is 39.8 Å². The third kappa shape index (κ3) is 6.90. The fraction of sp³-hybridized carbons (Fsp3) is 0.161. The maximum Gasteiger partial charge on any atom is 0.137 e. The van der Waals surface area contributed by atoms with Gasteiger partial charge in [0.1, 0.15) is 24.0 Å². The molecular weight excluding hydrogens is 745 g/mol. The predicted octanol–water partition coefficient (Wildman–Crippen LogP) is 15.1. The van der Waals surface area contributed by atoms with E-state index in [0.29, 0.717) is 22.9 Å². The van der Waals surface area contributed by atoms with Crippen LogP contribution in [0.5, 0.6) is 11.5 Å². The summed E-state index contributed by atoms with van der Waals surface area (Å²) in [7, 11) is 0. The van der Waals surface area contributed by atoms with Crippen LogP contribution < -0.4 is 14.5 Å². The topological polar surface area (TPSA) is 33.5 Å². The Bertz CT molecular complexity index is 3520. The van der Waals surface area contributed by atoms with Gasteiger partial charge in [-0.25, -0.2) is 4.98 Å². The minimum Gasteiger partial charge on any atom is -0.457 e. The van der Waals surface area contributed by atoms with Gasteiger partial charge in [0.15, 0.2) is 0 Å². The molecule has 5 nitrogen and oxygen atoms in total. The summed E-state index contributed by atoms with van der Waals surface area (Å²) in [6.45, 7) is 13.1. The van der Waals surface area contributed by atoms with Crippen LogP contribution in [0.25, 0.3) is 49.9 Å². The summed E-state index contributed by atoms with van der Waals surface area (Å²) in [5.41, 5.74) is 6.41. The lowest BCUT2D eigenvalue weighted by atomic mass is 9.86. The van der Waals surface area contributed by atoms with E-state index < -0.39 is 60.4 Å². The highest BCUT2D eigenvalue weighted by Gasteiger charge is 2.32. The Labute approximate surface area is 373 Å². The second-order valence-corrected chi connectivity index (χ2v) is 17.4. The van der Waals surface area contributed by atoms with Crippen molar-refractivity contribution in [3.8, 4) is 39.6 Å². The summed E-state index contributed by atoms with van der Waals surface area (Å²) in [6.07, 6.45) is 1.86. The first-order chi connectivity index (χ1) is 33.7. The Morgan fingerprint density at radius 1 is 0.574 bits per heavy atom. The average molecular weight is 805 g/mol. The van der Waals surface area contributed by atoms with Crippen LogP contribution in [0.3, 0.4) is 0 Å². The van der Waals surface area contributed by atoms with Crippen molar-refractivity contribution in [1.29, 1.82) is 0 Å². The summed E-state index contributed by atoms with van der Waals surface area (Å²) >= 11 is 0. The quantitative estimate of drug-likeness (QED) is 0.161. The van der Waals surface area contributed by atoms with E-state index in [4.69, 9.17) is 23.4 Å². The largest absolute Gasteiger partial charge is 0.457 e. The van der Waals surface area contributed by atoms with Crippen LogP contribution in [0.15, 0.2) is 182 Å². The van der Waals surface area contributed by atoms with Gasteiger partial charge < -0.3 is 14.5 Å². The number of anilines is 4. The highest BCUT2D eigenvalue weighted by Crippen LogP contribution is 2.51. The van der Waals surface area contributed by atoms with E-state index in [0.717, 1.165) is 50.1 Å². The Morgan fingerprint density at radius 3 is 1.89 bits per heavy atom. The fourth-order valence-corrected chi connectivity index (χ4v) is 8.41. The third-order valence-corrected chi connectivity index (χ3v) is 11.4. The van der Waals surface area contributed by atoms with E-state index >= 15 is 0 Å². The monoisotopic (exact) mass is 804 g/mol. The number of pyridine rings is 1. The van der Waals surface area contributed by atoms with E-state index in [1.54, 1.807) is 18.2 Å². The lowest BCUT2D eigenvalue weighted by Crippen LogP contribution is -2.25. The second kappa shape index (κ2) is 14.9. The fourth-order valence-electron chi connectivity index (χ4n) is 8.41. The first kappa shape index (κ1) is 28.4. The van der Waals surface area contributed by atoms with Gasteiger partial charge in [-0.2, -0.15) is 0 Å². The lowest BCUT2D eigenvalue weighted by molar-refractivity contribution is 0.456. The molecule has 2 aromatic heterocycles. The molecule has 0 fully saturated rings. The minimum absolute atomic E-state index is 0.0879. The van der Waals surface area contributed by atoms with Gasteiger partial charge in [-0.3, -0.25) is 4.57 Å². The Morgan fingerprint density at radius 2 is 1.21 bits per heavy atom. The first-order valence-electron chi connectivity index (χ1n) is 25.4. The number of rotatable bonds is 7. The smallest absolute Gasteiger partial charge is 0.137 e. The van der Waals surface area contributed by atoms with E-state index in [2.05, 4.69) is 93.5 Å². The molecule has 0 bridgehead atoms. The maximum atomic E-state index is 9.08. The first-order valence-corrected chi connectivity index (χ1v) is 20.4. The molecule has 61 heavy (non-hydrogen) atoms. The molecule has 0 saturated carbocycles. The van der Waals surface area contributed by atoms with Gasteiger partial charge in [-0.1, -0.05) is 157 Å². The summed E-state index contributed by atoms with van der Waals surface area (Å²) < 4.78 is 96.8. The normalized spacial score (nSPS) is 15.2. The molecule has 3 heterocycles. The Kier molecular flexibility index (Phi) is 6.91. The molecule has 0 radical (unpaired) electrons. The highest BCUT2D eigenvalue weighted by molar-refractivity contribution is 6.09. The second-order valence-electron chi connectivity index (χ2n) is 17.4. The van der Waals surface area contributed by atoms with E-state index in [1.165, 1.54) is 0 Å². The third-order valence-electron chi connectivity index (χ3n) is 11.4. The van der Waals surface area contributed by atoms with Crippen LogP contribution in [-0.4, -0.2) is 16.2 Å². The molecular formula is C56H50N4O. The summed E-state index contributed by atoms with van der Waals surface area (Å²) in [4.78, 5) is 8.86. The van der Waals surface area contributed by atoms with Crippen molar-refractivity contribution in [1.82, 2.24) is 9.55 Å². The molecule has 9 aromatic rings. The average Bonchev–Trinajstić information content (AvgIpc) is 3.89. The zero-order valence-corrected chi connectivity index (χ0v) is 35.0. The molecule has 300 valence electrons. The van der Waals surface area contributed by atoms with Gasteiger partial charge in [-0.05, 0) is 76.1 Å². The standard InChI is InChI=1S/C56H50N4O/c1-55(2,3)40-32-33-57-53(34-40)60-48-25-14-13-22-45(48)46-30-29-42(36-51(46)60)61-52-35-41(28-31-47(52)56(4,5)6)58-37-59(50-27-16-15-26-49(50)58)54-43(38-18-9-7-10-19-38)23-17-24-44(54)39-20-11-8-12-21-39/h7-36H,37H2,1-6H3/i7D,8D,9D,10D,11D,12D,18D,19D,20D,21D. The minimum atomic E-state index is -0.549. The molecule has 0 unspecified atom stereocenters. The Hall–Kier alpha value is -7.11. The predicted molar refractivity (Wildman–Crippen MR) is 255 cm³/mol. The summed E-state index contributed by atoms with van der Waals surface area (Å²) in [6, 6.07) is 32.3. The number of hydrogen-bond donors (Lipinski definition) is 0. The molecule has 0 atom stereocenters. The van der Waals surface area contributed by atoms with Crippen molar-refractivity contribution in [3.05, 3.63) is 193 Å². The van der Waals surface area contributed by atoms with Crippen molar-refractivity contribution in [2.45, 2.75) is 52.4 Å². The van der Waals surface area contributed by atoms with Crippen molar-refractivity contribution in [2.24, 2.45) is 0 Å². The molecule has 0 saturated heterocycles. The van der Waals surface area contributed by atoms with Gasteiger partial charge in [0.25, 0.3) is 0 Å². The molecule has 5 heteroatoms. The maximum absolute atomic E-state index is 9.08. The zero-order chi connectivity index (χ0) is 50.6. The SMILES string of the molecule is [2H]c1c([2H])c([2H])c(-c2cccc(-c3c([2H])c([2H])c([2H])c([2H])c3[2H])c2N2CN(c3ccc(C(C)(C)C)c(Oc4ccc5c6ccccc6n(-c6cc(C(C)(C)C)ccn6)c5c4)c3)c3ccccc32)c([2H])c1[2H]. The van der Waals surface area contributed by atoms with Gasteiger partial charge in [0, 0.05) is 51.5 Å². The van der Waals surface area contributed by atoms with Crippen molar-refractivity contribution < 1.29 is 18.4 Å². The number of benzene rings is 7. The van der Waals surface area contributed by atoms with Crippen molar-refractivity contribution >= 4 is 44.6 Å². The van der Waals surface area contributed by atoms with Gasteiger partial charge in [-0.15, -0.1) is 0 Å². The summed E-state index contributed by atoms with van der Waals surface area (Å²) in [5, 5.41) is 2.15. The molecule has 0 N–H and O–H groups in total. The van der Waals surface area contributed by atoms with Gasteiger partial charge in [0.2, 0.25) is 0 Å². The molecule has 0 spiro atoms. The van der Waals surface area contributed by atoms with Crippen molar-refractivity contribution in [2.75, 3.05) is 16.5 Å². The number of hydrogen-bond acceptors (Lipinski definition) is 4. The Balaban J connectivity index is 1.14. The molecule has 1 aliphatic heterocycles. The van der Waals surface area contributed by atoms with Crippen molar-refractivity contribution in [3.63, 3.8) is 0 Å². The van der Waals surface area contributed by atoms with Crippen LogP contribution in [0.2, 0.25) is 0 Å². The van der Waals surface area contributed by atoms with Gasteiger partial charge >= 0.3 is 0 Å². The number of ether oxygens (including phenoxy) is 1. The molecule has 1 aliphatic rings. The van der Waals surface area contributed by atoms with Gasteiger partial charge in [0.05, 0.1) is 41.8 Å². The van der Waals surface area contributed by atoms with Crippen LogP contribution >= 0.6 is 0 Å².